The minimum Gasteiger partial charge on any atom is -0.465 e. The van der Waals surface area contributed by atoms with Gasteiger partial charge in [-0.15, -0.1) is 0 Å². The van der Waals surface area contributed by atoms with Gasteiger partial charge in [0, 0.05) is 38.7 Å². The number of ether oxygens (including phenoxy) is 3. The molecule has 0 heterocycles. The molecule has 0 fully saturated rings. The molecular formula is C37H54O6. The average molecular weight is 595 g/mol. The molecule has 0 N–H and O–H groups in total. The van der Waals surface area contributed by atoms with Crippen molar-refractivity contribution in [3.05, 3.63) is 71.6 Å². The lowest BCUT2D eigenvalue weighted by Crippen LogP contribution is -2.21. The molecule has 0 spiro atoms. The summed E-state index contributed by atoms with van der Waals surface area (Å²) in [6.45, 7) is 10.7. The van der Waals surface area contributed by atoms with E-state index in [1.807, 2.05) is 32.9 Å². The molecule has 0 aromatic rings. The van der Waals surface area contributed by atoms with Gasteiger partial charge in [0.1, 0.15) is 6.10 Å². The quantitative estimate of drug-likeness (QED) is 0.0329. The number of carbonyl (C=O) groups is 3. The third kappa shape index (κ3) is 27.0. The molecule has 0 radical (unpaired) electrons. The van der Waals surface area contributed by atoms with E-state index in [1.54, 1.807) is 0 Å². The van der Waals surface area contributed by atoms with Gasteiger partial charge in [0.2, 0.25) is 0 Å². The van der Waals surface area contributed by atoms with Crippen molar-refractivity contribution in [3.63, 3.8) is 0 Å². The summed E-state index contributed by atoms with van der Waals surface area (Å²) in [5.74, 6) is 4.80. The van der Waals surface area contributed by atoms with Crippen molar-refractivity contribution in [2.75, 3.05) is 6.61 Å². The summed E-state index contributed by atoms with van der Waals surface area (Å²) in [5.41, 5.74) is 2.48. The summed E-state index contributed by atoms with van der Waals surface area (Å²) in [7, 11) is 0. The van der Waals surface area contributed by atoms with Crippen LogP contribution in [0.2, 0.25) is 0 Å². The van der Waals surface area contributed by atoms with Crippen LogP contribution in [0.3, 0.4) is 0 Å². The number of allylic oxidation sites excluding steroid dienone is 9. The fraction of sp³-hybridized carbons (Fsp3) is 0.541. The summed E-state index contributed by atoms with van der Waals surface area (Å²) >= 11 is 0. The predicted molar refractivity (Wildman–Crippen MR) is 176 cm³/mol. The highest BCUT2D eigenvalue weighted by Gasteiger charge is 2.18. The molecule has 43 heavy (non-hydrogen) atoms. The highest BCUT2D eigenvalue weighted by molar-refractivity contribution is 5.69. The normalized spacial score (nSPS) is 12.7. The second-order valence-corrected chi connectivity index (χ2v) is 10.6. The van der Waals surface area contributed by atoms with Crippen LogP contribution >= 0.6 is 0 Å². The van der Waals surface area contributed by atoms with E-state index >= 15 is 0 Å². The number of rotatable bonds is 21. The minimum absolute atomic E-state index is 0.101. The van der Waals surface area contributed by atoms with Gasteiger partial charge in [0.05, 0.1) is 12.9 Å². The van der Waals surface area contributed by atoms with Crippen molar-refractivity contribution in [2.24, 2.45) is 0 Å². The minimum atomic E-state index is -0.671. The van der Waals surface area contributed by atoms with Crippen LogP contribution in [0.15, 0.2) is 71.6 Å². The lowest BCUT2D eigenvalue weighted by molar-refractivity contribution is -0.146. The molecule has 0 aliphatic carbocycles. The number of esters is 3. The Morgan fingerprint density at radius 3 is 2.07 bits per heavy atom. The summed E-state index contributed by atoms with van der Waals surface area (Å²) in [6, 6.07) is 0. The Bertz CT molecular complexity index is 1050. The van der Waals surface area contributed by atoms with E-state index in [0.29, 0.717) is 18.4 Å². The molecule has 238 valence electrons. The average Bonchev–Trinajstić information content (AvgIpc) is 2.94. The van der Waals surface area contributed by atoms with Crippen LogP contribution in [0.4, 0.5) is 0 Å². The van der Waals surface area contributed by atoms with Gasteiger partial charge in [0.15, 0.2) is 0 Å². The smallest absolute Gasteiger partial charge is 0.307 e. The fourth-order valence-electron chi connectivity index (χ4n) is 3.80. The van der Waals surface area contributed by atoms with Gasteiger partial charge in [0.25, 0.3) is 0 Å². The van der Waals surface area contributed by atoms with Gasteiger partial charge in [-0.25, -0.2) is 0 Å². The standard InChI is InChI=1S/C37H54O6/c1-7-8-9-10-11-12-13-14-15-16-17-18-19-20-21-25-37(40)41-29-28-35(30-42-33(5)38)36(43-34(6)39)27-26-32(4)24-22-23-31(2)3/h8-9,11-12,14-15,23,26,30,36H,7,10,13,16-21,25,27-29H2,1-6H3/b9-8-,12-11-,15-14-,32-26+,35-30-/t36-/m0/s1. The SMILES string of the molecule is CC/C=C\C/C=C\C/C=C\CCCCCCCC(=O)OCC/C(=C/OC(C)=O)[C@H](C/C=C(\C)C#CC=C(C)C)OC(C)=O. The van der Waals surface area contributed by atoms with E-state index in [4.69, 9.17) is 14.2 Å². The van der Waals surface area contributed by atoms with E-state index in [1.165, 1.54) is 20.1 Å². The molecule has 0 aromatic heterocycles. The Balaban J connectivity index is 4.55. The van der Waals surface area contributed by atoms with Gasteiger partial charge in [-0.1, -0.05) is 86.1 Å². The van der Waals surface area contributed by atoms with Crippen LogP contribution in [0.5, 0.6) is 0 Å². The maximum atomic E-state index is 12.3. The topological polar surface area (TPSA) is 78.9 Å². The van der Waals surface area contributed by atoms with E-state index in [-0.39, 0.29) is 19.0 Å². The van der Waals surface area contributed by atoms with Crippen LogP contribution in [-0.2, 0) is 28.6 Å². The highest BCUT2D eigenvalue weighted by Crippen LogP contribution is 2.18. The summed E-state index contributed by atoms with van der Waals surface area (Å²) in [6.07, 6.45) is 27.9. The summed E-state index contributed by atoms with van der Waals surface area (Å²) in [4.78, 5) is 35.5. The van der Waals surface area contributed by atoms with Gasteiger partial charge in [-0.2, -0.15) is 0 Å². The van der Waals surface area contributed by atoms with E-state index in [0.717, 1.165) is 68.9 Å². The molecule has 0 unspecified atom stereocenters. The van der Waals surface area contributed by atoms with Crippen molar-refractivity contribution in [3.8, 4) is 11.8 Å². The predicted octanol–water partition coefficient (Wildman–Crippen LogP) is 9.19. The van der Waals surface area contributed by atoms with Gasteiger partial charge in [-0.3, -0.25) is 14.4 Å². The van der Waals surface area contributed by atoms with Crippen molar-refractivity contribution in [2.45, 2.75) is 125 Å². The van der Waals surface area contributed by atoms with Crippen LogP contribution in [-0.4, -0.2) is 30.6 Å². The molecule has 0 aromatic carbocycles. The van der Waals surface area contributed by atoms with Crippen molar-refractivity contribution in [1.29, 1.82) is 0 Å². The Hall–Kier alpha value is -3.59. The number of hydrogen-bond acceptors (Lipinski definition) is 6. The molecule has 0 saturated carbocycles. The third-order valence-electron chi connectivity index (χ3n) is 6.05. The molecule has 0 aliphatic heterocycles. The first-order chi connectivity index (χ1) is 20.6. The number of carbonyl (C=O) groups excluding carboxylic acids is 3. The second-order valence-electron chi connectivity index (χ2n) is 10.6. The highest BCUT2D eigenvalue weighted by atomic mass is 16.6. The third-order valence-corrected chi connectivity index (χ3v) is 6.05. The zero-order valence-electron chi connectivity index (χ0n) is 27.4. The molecule has 6 nitrogen and oxygen atoms in total. The lowest BCUT2D eigenvalue weighted by atomic mass is 10.0. The fourth-order valence-corrected chi connectivity index (χ4v) is 3.80. The molecule has 0 amide bonds. The number of hydrogen-bond donors (Lipinski definition) is 0. The Morgan fingerprint density at radius 1 is 0.767 bits per heavy atom. The first kappa shape index (κ1) is 39.4. The van der Waals surface area contributed by atoms with Crippen LogP contribution in [0.1, 0.15) is 119 Å². The lowest BCUT2D eigenvalue weighted by Gasteiger charge is -2.19. The maximum Gasteiger partial charge on any atom is 0.307 e. The Morgan fingerprint density at radius 2 is 1.42 bits per heavy atom. The maximum absolute atomic E-state index is 12.3. The van der Waals surface area contributed by atoms with E-state index in [2.05, 4.69) is 55.2 Å². The van der Waals surface area contributed by atoms with E-state index < -0.39 is 18.0 Å². The molecule has 0 rings (SSSR count). The molecular weight excluding hydrogens is 540 g/mol. The zero-order valence-corrected chi connectivity index (χ0v) is 27.4. The monoisotopic (exact) mass is 594 g/mol. The van der Waals surface area contributed by atoms with Crippen LogP contribution in [0.25, 0.3) is 0 Å². The second kappa shape index (κ2) is 27.3. The van der Waals surface area contributed by atoms with Crippen molar-refractivity contribution < 1.29 is 28.6 Å². The van der Waals surface area contributed by atoms with E-state index in [9.17, 15) is 14.4 Å². The van der Waals surface area contributed by atoms with Gasteiger partial charge < -0.3 is 14.2 Å². The summed E-state index contributed by atoms with van der Waals surface area (Å²) < 4.78 is 16.0. The Kier molecular flexibility index (Phi) is 25.0. The van der Waals surface area contributed by atoms with Crippen LogP contribution in [0, 0.1) is 11.8 Å². The first-order valence-corrected chi connectivity index (χ1v) is 15.6. The zero-order chi connectivity index (χ0) is 32.1. The first-order valence-electron chi connectivity index (χ1n) is 15.6. The van der Waals surface area contributed by atoms with Crippen molar-refractivity contribution >= 4 is 17.9 Å². The Labute approximate surface area is 261 Å². The van der Waals surface area contributed by atoms with Gasteiger partial charge >= 0.3 is 17.9 Å². The molecule has 0 aliphatic rings. The van der Waals surface area contributed by atoms with Crippen molar-refractivity contribution in [1.82, 2.24) is 0 Å². The van der Waals surface area contributed by atoms with Gasteiger partial charge in [-0.05, 0) is 70.9 Å². The van der Waals surface area contributed by atoms with Crippen LogP contribution < -0.4 is 0 Å². The molecule has 1 atom stereocenters. The largest absolute Gasteiger partial charge is 0.465 e. The summed E-state index contributed by atoms with van der Waals surface area (Å²) in [5, 5.41) is 0. The number of unbranched alkanes of at least 4 members (excludes halogenated alkanes) is 5. The molecule has 6 heteroatoms. The molecule has 0 bridgehead atoms. The molecule has 0 saturated heterocycles.